The average Bonchev–Trinajstić information content (AvgIpc) is 3.32. The Kier molecular flexibility index (Phi) is 23.0. The van der Waals surface area contributed by atoms with Crippen LogP contribution in [0, 0.1) is 47.3 Å². The summed E-state index contributed by atoms with van der Waals surface area (Å²) in [5, 5.41) is 21.6. The summed E-state index contributed by atoms with van der Waals surface area (Å²) in [5.74, 6) is -4.28. The highest BCUT2D eigenvalue weighted by molar-refractivity contribution is 6.39. The lowest BCUT2D eigenvalue weighted by atomic mass is 9.67. The Morgan fingerprint density at radius 1 is 0.838 bits per heavy atom. The minimum absolute atomic E-state index is 0.00366. The number of Topliss-reactive ketones (excluding diaryl/α,β-unsaturated/α-hetero) is 3. The molecule has 2 aliphatic heterocycles. The zero-order valence-corrected chi connectivity index (χ0v) is 43.3. The first kappa shape index (κ1) is 57.3. The topological polar surface area (TPSA) is 175 Å². The standard InChI is InChI=1S/C55H87NO12/c1-34-17-13-12-14-18-35(2)47(64-9)31-43-21-20-40(7)55(63,33-43)52(60)53(61)56-24-16-15-19-44(56)54(62)68-48(38(5)29-42-22-23-46(67-26-25-57)49(30-42)65-10)32-45(58)37(4)28-36(3)41(8)51(66-11)50(59)39(6)27-34/h12-14,17-18,28,34,37-44,46-49,51,57,63H,15-16,19-27,29-33H2,1-11H3/b14-12+,17-13+,35-18+,36-28+/t34-,37-,38-,39-,40-,41-,42+,43+,44+,46-,47+,48?,49-,51-,55+/m1/s1. The largest absolute Gasteiger partial charge is 0.460 e. The van der Waals surface area contributed by atoms with Gasteiger partial charge in [0.15, 0.2) is 5.78 Å². The van der Waals surface area contributed by atoms with Crippen LogP contribution in [0.2, 0.25) is 0 Å². The number of hydrogen-bond acceptors (Lipinski definition) is 12. The van der Waals surface area contributed by atoms with Gasteiger partial charge in [-0.1, -0.05) is 83.6 Å². The number of carbonyl (C=O) groups excluding carboxylic acids is 5. The molecule has 0 aromatic carbocycles. The molecule has 0 radical (unpaired) electrons. The van der Waals surface area contributed by atoms with Crippen molar-refractivity contribution in [2.75, 3.05) is 41.1 Å². The van der Waals surface area contributed by atoms with Gasteiger partial charge in [-0.15, -0.1) is 0 Å². The van der Waals surface area contributed by atoms with Crippen molar-refractivity contribution in [1.82, 2.24) is 4.90 Å². The van der Waals surface area contributed by atoms with Crippen LogP contribution in [0.1, 0.15) is 139 Å². The Labute approximate surface area is 407 Å². The summed E-state index contributed by atoms with van der Waals surface area (Å²) in [5.41, 5.74) is -0.0927. The maximum Gasteiger partial charge on any atom is 0.329 e. The van der Waals surface area contributed by atoms with Crippen LogP contribution in [0.25, 0.3) is 0 Å². The van der Waals surface area contributed by atoms with E-state index in [4.69, 9.17) is 23.7 Å². The van der Waals surface area contributed by atoms with E-state index in [0.29, 0.717) is 44.9 Å². The molecule has 68 heavy (non-hydrogen) atoms. The number of ether oxygens (including phenoxy) is 5. The van der Waals surface area contributed by atoms with E-state index in [1.54, 1.807) is 21.3 Å². The molecule has 0 aromatic rings. The number of allylic oxidation sites excluding steroid dienone is 6. The molecule has 2 heterocycles. The molecule has 4 rings (SSSR count). The van der Waals surface area contributed by atoms with E-state index in [0.717, 1.165) is 30.4 Å². The molecule has 2 saturated carbocycles. The van der Waals surface area contributed by atoms with Gasteiger partial charge >= 0.3 is 5.97 Å². The lowest BCUT2D eigenvalue weighted by Crippen LogP contribution is -2.59. The van der Waals surface area contributed by atoms with Crippen LogP contribution in [0.3, 0.4) is 0 Å². The van der Waals surface area contributed by atoms with Crippen molar-refractivity contribution in [3.63, 3.8) is 0 Å². The Morgan fingerprint density at radius 2 is 1.57 bits per heavy atom. The maximum absolute atomic E-state index is 14.5. The molecule has 1 amide bonds. The highest BCUT2D eigenvalue weighted by Gasteiger charge is 2.51. The second-order valence-corrected chi connectivity index (χ2v) is 21.1. The molecular formula is C55H87NO12. The van der Waals surface area contributed by atoms with Gasteiger partial charge in [-0.25, -0.2) is 4.79 Å². The number of nitrogens with zero attached hydrogens (tertiary/aromatic N) is 1. The van der Waals surface area contributed by atoms with E-state index in [1.807, 2.05) is 78.8 Å². The quantitative estimate of drug-likeness (QED) is 0.129. The second kappa shape index (κ2) is 27.3. The number of rotatable bonds is 9. The SMILES string of the molecule is CO[C@H]1C[C@@H]2CC[C@@H](C)[C@@](O)(C2)C(=O)C(=O)N2CCCC[C@H]2C(=O)OC([C@H](C)C[C@@H]2CC[C@@H](OCCO)[C@H](OC)C2)CC(=O)[C@H](C)/C=C(\C)[C@@H](C)[C@@H](OC)C(=O)[C@H](C)C[C@H](C)/C=C/C=C/C=C/1C. The molecule has 1 saturated heterocycles. The predicted molar refractivity (Wildman–Crippen MR) is 262 cm³/mol. The summed E-state index contributed by atoms with van der Waals surface area (Å²) in [6.45, 7) is 15.8. The van der Waals surface area contributed by atoms with Crippen LogP contribution in [-0.2, 0) is 47.7 Å². The highest BCUT2D eigenvalue weighted by Crippen LogP contribution is 2.42. The summed E-state index contributed by atoms with van der Waals surface area (Å²) in [6.07, 6.45) is 16.6. The molecular weight excluding hydrogens is 867 g/mol. The van der Waals surface area contributed by atoms with Gasteiger partial charge in [0.25, 0.3) is 11.7 Å². The summed E-state index contributed by atoms with van der Waals surface area (Å²) in [7, 11) is 4.85. The number of carbonyl (C=O) groups is 5. The molecule has 0 aromatic heterocycles. The number of amides is 1. The molecule has 13 nitrogen and oxygen atoms in total. The lowest BCUT2D eigenvalue weighted by molar-refractivity contribution is -0.171. The Bertz CT molecular complexity index is 1800. The minimum Gasteiger partial charge on any atom is -0.460 e. The summed E-state index contributed by atoms with van der Waals surface area (Å²) in [6, 6.07) is -1.06. The number of aliphatic hydroxyl groups excluding tert-OH is 1. The van der Waals surface area contributed by atoms with Crippen molar-refractivity contribution in [3.8, 4) is 0 Å². The minimum atomic E-state index is -1.92. The molecule has 2 bridgehead atoms. The number of piperidine rings is 1. The Morgan fingerprint density at radius 3 is 2.25 bits per heavy atom. The molecule has 13 heteroatoms. The molecule has 384 valence electrons. The molecule has 1 unspecified atom stereocenters. The third-order valence-electron chi connectivity index (χ3n) is 15.9. The summed E-state index contributed by atoms with van der Waals surface area (Å²) < 4.78 is 29.9. The predicted octanol–water partition coefficient (Wildman–Crippen LogP) is 8.14. The first-order valence-corrected chi connectivity index (χ1v) is 25.6. The van der Waals surface area contributed by atoms with Gasteiger partial charge in [-0.2, -0.15) is 0 Å². The fourth-order valence-electron chi connectivity index (χ4n) is 11.3. The number of methoxy groups -OCH3 is 3. The van der Waals surface area contributed by atoms with Gasteiger partial charge in [-0.05, 0) is 126 Å². The second-order valence-electron chi connectivity index (χ2n) is 21.1. The van der Waals surface area contributed by atoms with Crippen molar-refractivity contribution >= 4 is 29.2 Å². The van der Waals surface area contributed by atoms with E-state index in [1.165, 1.54) is 4.90 Å². The Hall–Kier alpha value is -3.33. The monoisotopic (exact) mass is 954 g/mol. The lowest BCUT2D eigenvalue weighted by Gasteiger charge is -2.43. The van der Waals surface area contributed by atoms with Gasteiger partial charge in [0, 0.05) is 52.0 Å². The molecule has 0 spiro atoms. The number of cyclic esters (lactones) is 1. The third kappa shape index (κ3) is 15.3. The molecule has 2 aliphatic carbocycles. The van der Waals surface area contributed by atoms with Crippen LogP contribution in [0.15, 0.2) is 47.6 Å². The number of aliphatic hydroxyl groups is 2. The number of hydrogen-bond donors (Lipinski definition) is 2. The van der Waals surface area contributed by atoms with E-state index < -0.39 is 53.3 Å². The van der Waals surface area contributed by atoms with Crippen LogP contribution >= 0.6 is 0 Å². The maximum atomic E-state index is 14.5. The fourth-order valence-corrected chi connectivity index (χ4v) is 11.3. The van der Waals surface area contributed by atoms with Crippen molar-refractivity contribution in [3.05, 3.63) is 47.6 Å². The van der Waals surface area contributed by atoms with Gasteiger partial charge < -0.3 is 38.8 Å². The van der Waals surface area contributed by atoms with E-state index >= 15 is 0 Å². The van der Waals surface area contributed by atoms with E-state index in [-0.39, 0.29) is 104 Å². The molecule has 15 atom stereocenters. The summed E-state index contributed by atoms with van der Waals surface area (Å²) >= 11 is 0. The first-order valence-electron chi connectivity index (χ1n) is 25.6. The zero-order chi connectivity index (χ0) is 50.3. The van der Waals surface area contributed by atoms with Crippen molar-refractivity contribution < 1.29 is 57.9 Å². The summed E-state index contributed by atoms with van der Waals surface area (Å²) in [4.78, 5) is 72.8. The van der Waals surface area contributed by atoms with Gasteiger partial charge in [0.05, 0.1) is 31.5 Å². The zero-order valence-electron chi connectivity index (χ0n) is 43.3. The molecule has 2 N–H and O–H groups in total. The van der Waals surface area contributed by atoms with E-state index in [2.05, 4.69) is 13.0 Å². The highest BCUT2D eigenvalue weighted by atomic mass is 16.5. The fraction of sp³-hybridized carbons (Fsp3) is 0.764. The van der Waals surface area contributed by atoms with Gasteiger partial charge in [0.1, 0.15) is 29.6 Å². The Balaban J connectivity index is 1.70. The van der Waals surface area contributed by atoms with Crippen molar-refractivity contribution in [2.45, 2.75) is 181 Å². The third-order valence-corrected chi connectivity index (χ3v) is 15.9. The van der Waals surface area contributed by atoms with Crippen molar-refractivity contribution in [2.24, 2.45) is 47.3 Å². The first-order chi connectivity index (χ1) is 32.3. The van der Waals surface area contributed by atoms with Crippen LogP contribution < -0.4 is 0 Å². The average molecular weight is 954 g/mol. The molecule has 3 fully saturated rings. The number of fused-ring (bicyclic) bond motifs is 3. The smallest absolute Gasteiger partial charge is 0.329 e. The van der Waals surface area contributed by atoms with Crippen LogP contribution in [-0.4, -0.2) is 128 Å². The van der Waals surface area contributed by atoms with Gasteiger partial charge in [0.2, 0.25) is 0 Å². The van der Waals surface area contributed by atoms with Crippen molar-refractivity contribution in [1.29, 1.82) is 0 Å². The number of ketones is 3. The molecule has 4 aliphatic rings. The normalized spacial score (nSPS) is 39.2. The van der Waals surface area contributed by atoms with Crippen LogP contribution in [0.4, 0.5) is 0 Å². The number of esters is 1. The van der Waals surface area contributed by atoms with E-state index in [9.17, 15) is 34.2 Å². The van der Waals surface area contributed by atoms with Gasteiger partial charge in [-0.3, -0.25) is 19.2 Å². The van der Waals surface area contributed by atoms with Crippen LogP contribution in [0.5, 0.6) is 0 Å².